The highest BCUT2D eigenvalue weighted by atomic mass is 16.5. The van der Waals surface area contributed by atoms with E-state index in [1.807, 2.05) is 0 Å². The smallest absolute Gasteiger partial charge is 0.144 e. The van der Waals surface area contributed by atoms with Crippen molar-refractivity contribution < 1.29 is 4.74 Å². The lowest BCUT2D eigenvalue weighted by atomic mass is 9.80. The van der Waals surface area contributed by atoms with Crippen molar-refractivity contribution in [1.29, 1.82) is 0 Å². The Morgan fingerprint density at radius 3 is 1.57 bits per heavy atom. The summed E-state index contributed by atoms with van der Waals surface area (Å²) in [7, 11) is 0. The maximum absolute atomic E-state index is 7.07. The summed E-state index contributed by atoms with van der Waals surface area (Å²) in [5, 5.41) is 2.55. The predicted octanol–water partition coefficient (Wildman–Crippen LogP) is 9.95. The number of rotatable bonds is 11. The summed E-state index contributed by atoms with van der Waals surface area (Å²) >= 11 is 0. The van der Waals surface area contributed by atoms with E-state index in [2.05, 4.69) is 139 Å². The highest BCUT2D eigenvalue weighted by Crippen LogP contribution is 2.41. The van der Waals surface area contributed by atoms with E-state index in [9.17, 15) is 0 Å². The molecule has 2 heteroatoms. The monoisotopic (exact) mass is 523 g/mol. The fraction of sp³-hybridized carbons (Fsp3) is 0.211. The molecule has 0 saturated heterocycles. The molecule has 6 rings (SSSR count). The summed E-state index contributed by atoms with van der Waals surface area (Å²) in [4.78, 5) is 3.70. The quantitative estimate of drug-likeness (QED) is 0.133. The minimum absolute atomic E-state index is 0.479. The number of ether oxygens (including phenoxy) is 1. The number of unbranched alkanes of at least 4 members (excludes halogenated alkanes) is 3. The molecule has 200 valence electrons. The van der Waals surface area contributed by atoms with Crippen LogP contribution in [0.4, 0.5) is 0 Å². The van der Waals surface area contributed by atoms with Gasteiger partial charge in [0.05, 0.1) is 6.61 Å². The molecule has 1 aromatic heterocycles. The van der Waals surface area contributed by atoms with Crippen molar-refractivity contribution in [3.63, 3.8) is 0 Å². The lowest BCUT2D eigenvalue weighted by Crippen LogP contribution is -2.32. The largest absolute Gasteiger partial charge is 0.356 e. The molecule has 0 unspecified atom stereocenters. The molecular weight excluding hydrogens is 486 g/mol. The Balaban J connectivity index is 1.34. The number of fused-ring (bicyclic) bond motifs is 3. The summed E-state index contributed by atoms with van der Waals surface area (Å²) in [5.41, 5.74) is 7.55. The van der Waals surface area contributed by atoms with Gasteiger partial charge in [0.1, 0.15) is 5.60 Å². The third kappa shape index (κ3) is 5.20. The Kier molecular flexibility index (Phi) is 7.79. The first-order chi connectivity index (χ1) is 19.8. The summed E-state index contributed by atoms with van der Waals surface area (Å²) in [5.74, 6) is 0. The highest BCUT2D eigenvalue weighted by Gasteiger charge is 2.37. The topological polar surface area (TPSA) is 25.0 Å². The van der Waals surface area contributed by atoms with Crippen molar-refractivity contribution in [2.45, 2.75) is 51.2 Å². The van der Waals surface area contributed by atoms with Crippen molar-refractivity contribution in [1.82, 2.24) is 4.98 Å². The number of hydrogen-bond acceptors (Lipinski definition) is 1. The van der Waals surface area contributed by atoms with E-state index in [-0.39, 0.29) is 0 Å². The van der Waals surface area contributed by atoms with E-state index in [4.69, 9.17) is 4.74 Å². The van der Waals surface area contributed by atoms with Crippen LogP contribution in [0.2, 0.25) is 0 Å². The lowest BCUT2D eigenvalue weighted by molar-refractivity contribution is 0.000287. The van der Waals surface area contributed by atoms with Crippen molar-refractivity contribution in [2.75, 3.05) is 0 Å². The molecule has 0 bridgehead atoms. The van der Waals surface area contributed by atoms with Gasteiger partial charge < -0.3 is 9.72 Å². The standard InChI is InChI=1S/C38H37NO/c1-2-3-4-8-15-29-22-24-34-35-25-23-30(27-37(35)39-36(34)26-29)28-40-38(31-16-9-5-10-17-31,32-18-11-6-12-19-32)33-20-13-7-14-21-33/h5-7,9-14,16-27,39H,2-4,8,15,28H2,1H3. The van der Waals surface area contributed by atoms with Gasteiger partial charge in [-0.2, -0.15) is 0 Å². The fourth-order valence-corrected chi connectivity index (χ4v) is 5.97. The number of aromatic amines is 1. The lowest BCUT2D eigenvalue weighted by Gasteiger charge is -2.36. The molecule has 40 heavy (non-hydrogen) atoms. The van der Waals surface area contributed by atoms with E-state index in [1.54, 1.807) is 0 Å². The molecule has 0 aliphatic carbocycles. The zero-order chi connectivity index (χ0) is 27.2. The van der Waals surface area contributed by atoms with E-state index >= 15 is 0 Å². The molecule has 0 aliphatic rings. The van der Waals surface area contributed by atoms with Crippen LogP contribution in [-0.4, -0.2) is 4.98 Å². The van der Waals surface area contributed by atoms with Gasteiger partial charge >= 0.3 is 0 Å². The van der Waals surface area contributed by atoms with Gasteiger partial charge in [-0.15, -0.1) is 0 Å². The third-order valence-electron chi connectivity index (χ3n) is 8.04. The molecule has 0 spiro atoms. The SMILES string of the molecule is CCCCCCc1ccc2c(c1)[nH]c1cc(COC(c3ccccc3)(c3ccccc3)c3ccccc3)ccc12. The van der Waals surface area contributed by atoms with Crippen molar-refractivity contribution in [3.05, 3.63) is 155 Å². The van der Waals surface area contributed by atoms with Crippen LogP contribution in [0.3, 0.4) is 0 Å². The number of aryl methyl sites for hydroxylation is 1. The summed E-state index contributed by atoms with van der Waals surface area (Å²) in [6, 6.07) is 45.3. The Morgan fingerprint density at radius 1 is 0.550 bits per heavy atom. The van der Waals surface area contributed by atoms with E-state index < -0.39 is 5.60 Å². The van der Waals surface area contributed by atoms with Crippen LogP contribution >= 0.6 is 0 Å². The summed E-state index contributed by atoms with van der Waals surface area (Å²) in [6.07, 6.45) is 6.30. The first-order valence-electron chi connectivity index (χ1n) is 14.6. The molecule has 0 radical (unpaired) electrons. The van der Waals surface area contributed by atoms with Crippen LogP contribution in [0.5, 0.6) is 0 Å². The Bertz CT molecular complexity index is 1570. The second kappa shape index (κ2) is 11.9. The van der Waals surface area contributed by atoms with Crippen LogP contribution in [0, 0.1) is 0 Å². The fourth-order valence-electron chi connectivity index (χ4n) is 5.97. The molecule has 0 atom stereocenters. The Labute approximate surface area is 237 Å². The zero-order valence-corrected chi connectivity index (χ0v) is 23.3. The van der Waals surface area contributed by atoms with Crippen LogP contribution in [-0.2, 0) is 23.4 Å². The van der Waals surface area contributed by atoms with Gasteiger partial charge in [-0.3, -0.25) is 0 Å². The Morgan fingerprint density at radius 2 is 1.05 bits per heavy atom. The zero-order valence-electron chi connectivity index (χ0n) is 23.3. The second-order valence-corrected chi connectivity index (χ2v) is 10.8. The van der Waals surface area contributed by atoms with Gasteiger partial charge in [-0.05, 0) is 52.8 Å². The maximum atomic E-state index is 7.07. The van der Waals surface area contributed by atoms with Crippen molar-refractivity contribution >= 4 is 21.8 Å². The van der Waals surface area contributed by atoms with Gasteiger partial charge in [0.15, 0.2) is 0 Å². The number of aromatic nitrogens is 1. The summed E-state index contributed by atoms with van der Waals surface area (Å²) in [6.45, 7) is 2.74. The van der Waals surface area contributed by atoms with E-state index in [0.29, 0.717) is 6.61 Å². The first-order valence-corrected chi connectivity index (χ1v) is 14.6. The highest BCUT2D eigenvalue weighted by molar-refractivity contribution is 6.07. The molecule has 0 fully saturated rings. The molecule has 6 aromatic rings. The first kappa shape index (κ1) is 26.1. The normalized spacial score (nSPS) is 11.8. The average molecular weight is 524 g/mol. The van der Waals surface area contributed by atoms with Gasteiger partial charge in [-0.25, -0.2) is 0 Å². The average Bonchev–Trinajstić information content (AvgIpc) is 3.38. The van der Waals surface area contributed by atoms with E-state index in [1.165, 1.54) is 47.5 Å². The molecule has 0 amide bonds. The van der Waals surface area contributed by atoms with Crippen molar-refractivity contribution in [2.24, 2.45) is 0 Å². The second-order valence-electron chi connectivity index (χ2n) is 10.8. The van der Waals surface area contributed by atoms with Gasteiger partial charge in [0.2, 0.25) is 0 Å². The number of benzene rings is 5. The van der Waals surface area contributed by atoms with Crippen LogP contribution in [0.1, 0.15) is 60.4 Å². The van der Waals surface area contributed by atoms with Gasteiger partial charge in [0.25, 0.3) is 0 Å². The van der Waals surface area contributed by atoms with Crippen LogP contribution in [0.15, 0.2) is 127 Å². The number of H-pyrrole nitrogens is 1. The van der Waals surface area contributed by atoms with Gasteiger partial charge in [-0.1, -0.05) is 141 Å². The summed E-state index contributed by atoms with van der Waals surface area (Å²) < 4.78 is 7.07. The van der Waals surface area contributed by atoms with E-state index in [0.717, 1.165) is 34.2 Å². The van der Waals surface area contributed by atoms with Crippen LogP contribution < -0.4 is 0 Å². The molecule has 2 nitrogen and oxygen atoms in total. The Hall–Kier alpha value is -4.14. The molecule has 5 aromatic carbocycles. The van der Waals surface area contributed by atoms with Crippen LogP contribution in [0.25, 0.3) is 21.8 Å². The molecular formula is C38H37NO. The van der Waals surface area contributed by atoms with Crippen molar-refractivity contribution in [3.8, 4) is 0 Å². The number of nitrogens with one attached hydrogen (secondary N) is 1. The predicted molar refractivity (Wildman–Crippen MR) is 168 cm³/mol. The molecule has 1 heterocycles. The molecule has 1 N–H and O–H groups in total. The minimum Gasteiger partial charge on any atom is -0.356 e. The molecule has 0 saturated carbocycles. The third-order valence-corrected chi connectivity index (χ3v) is 8.04. The van der Waals surface area contributed by atoms with Gasteiger partial charge in [0, 0.05) is 21.8 Å². The molecule has 0 aliphatic heterocycles. The maximum Gasteiger partial charge on any atom is 0.144 e. The number of hydrogen-bond donors (Lipinski definition) is 1. The minimum atomic E-state index is -0.730.